The van der Waals surface area contributed by atoms with Gasteiger partial charge in [0.25, 0.3) is 0 Å². The number of aldehydes is 1. The van der Waals surface area contributed by atoms with Gasteiger partial charge in [0.2, 0.25) is 0 Å². The molecule has 1 fully saturated rings. The third-order valence-electron chi connectivity index (χ3n) is 4.60. The van der Waals surface area contributed by atoms with Crippen molar-refractivity contribution in [3.8, 4) is 0 Å². The van der Waals surface area contributed by atoms with Gasteiger partial charge in [0.15, 0.2) is 0 Å². The molecular formula is C18H31NO4. The van der Waals surface area contributed by atoms with Crippen LogP contribution >= 0.6 is 0 Å². The average Bonchev–Trinajstić information content (AvgIpc) is 2.72. The first-order valence-corrected chi connectivity index (χ1v) is 8.14. The number of nitrogens with one attached hydrogen (secondary N) is 1. The van der Waals surface area contributed by atoms with Gasteiger partial charge in [-0.05, 0) is 10.8 Å². The molecular weight excluding hydrogens is 294 g/mol. The van der Waals surface area contributed by atoms with Crippen LogP contribution in [0.2, 0.25) is 0 Å². The third kappa shape index (κ3) is 4.34. The van der Waals surface area contributed by atoms with Crippen LogP contribution in [0.3, 0.4) is 0 Å². The number of carbonyl (C=O) groups excluding carboxylic acids is 2. The minimum absolute atomic E-state index is 0.0464. The van der Waals surface area contributed by atoms with Crippen LogP contribution < -0.4 is 5.32 Å². The molecule has 0 aromatic carbocycles. The molecule has 1 rings (SSSR count). The van der Waals surface area contributed by atoms with Crippen LogP contribution in [0.5, 0.6) is 0 Å². The van der Waals surface area contributed by atoms with Gasteiger partial charge < -0.3 is 20.0 Å². The fraction of sp³-hybridized carbons (Fsp3) is 0.778. The highest BCUT2D eigenvalue weighted by molar-refractivity contribution is 5.73. The van der Waals surface area contributed by atoms with Crippen molar-refractivity contribution in [2.75, 3.05) is 0 Å². The van der Waals surface area contributed by atoms with Crippen molar-refractivity contribution >= 4 is 12.4 Å². The van der Waals surface area contributed by atoms with Crippen LogP contribution in [-0.2, 0) is 9.53 Å². The van der Waals surface area contributed by atoms with Gasteiger partial charge in [-0.15, -0.1) is 0 Å². The molecule has 5 heteroatoms. The minimum Gasteiger partial charge on any atom is -0.443 e. The molecule has 1 saturated heterocycles. The second-order valence-corrected chi connectivity index (χ2v) is 8.62. The SMILES string of the molecule is C[C@@H](C(O)/C=C/C(C)(C)C)C1OC(=O)NC1(CC=O)C(C)(C)C. The number of hydrogen-bond donors (Lipinski definition) is 2. The summed E-state index contributed by atoms with van der Waals surface area (Å²) < 4.78 is 5.47. The summed E-state index contributed by atoms with van der Waals surface area (Å²) in [6.45, 7) is 13.9. The van der Waals surface area contributed by atoms with E-state index in [0.29, 0.717) is 0 Å². The Morgan fingerprint density at radius 3 is 2.30 bits per heavy atom. The molecule has 5 nitrogen and oxygen atoms in total. The molecule has 132 valence electrons. The van der Waals surface area contributed by atoms with Crippen molar-refractivity contribution in [3.05, 3.63) is 12.2 Å². The number of cyclic esters (lactones) is 1. The lowest BCUT2D eigenvalue weighted by Crippen LogP contribution is -2.60. The lowest BCUT2D eigenvalue weighted by molar-refractivity contribution is -0.112. The zero-order valence-corrected chi connectivity index (χ0v) is 15.3. The maximum Gasteiger partial charge on any atom is 0.408 e. The fourth-order valence-corrected chi connectivity index (χ4v) is 3.02. The number of rotatable bonds is 5. The van der Waals surface area contributed by atoms with Crippen LogP contribution in [0, 0.1) is 16.7 Å². The topological polar surface area (TPSA) is 75.6 Å². The van der Waals surface area contributed by atoms with Crippen LogP contribution in [0.25, 0.3) is 0 Å². The van der Waals surface area contributed by atoms with Gasteiger partial charge in [0.05, 0.1) is 11.6 Å². The summed E-state index contributed by atoms with van der Waals surface area (Å²) in [7, 11) is 0. The van der Waals surface area contributed by atoms with Crippen LogP contribution in [0.4, 0.5) is 4.79 Å². The van der Waals surface area contributed by atoms with Gasteiger partial charge in [0, 0.05) is 12.3 Å². The number of aliphatic hydroxyl groups excluding tert-OH is 1. The van der Waals surface area contributed by atoms with Crippen molar-refractivity contribution < 1.29 is 19.4 Å². The van der Waals surface area contributed by atoms with Crippen molar-refractivity contribution in [1.29, 1.82) is 0 Å². The molecule has 1 heterocycles. The molecule has 0 spiro atoms. The molecule has 4 atom stereocenters. The highest BCUT2D eigenvalue weighted by Gasteiger charge is 2.58. The van der Waals surface area contributed by atoms with E-state index in [0.717, 1.165) is 6.29 Å². The Morgan fingerprint density at radius 2 is 1.87 bits per heavy atom. The average molecular weight is 325 g/mol. The number of aliphatic hydroxyl groups is 1. The van der Waals surface area contributed by atoms with Crippen molar-refractivity contribution in [2.45, 2.75) is 72.6 Å². The summed E-state index contributed by atoms with van der Waals surface area (Å²) in [4.78, 5) is 23.1. The van der Waals surface area contributed by atoms with Crippen molar-refractivity contribution in [1.82, 2.24) is 5.32 Å². The molecule has 3 unspecified atom stereocenters. The van der Waals surface area contributed by atoms with Gasteiger partial charge in [-0.2, -0.15) is 0 Å². The van der Waals surface area contributed by atoms with E-state index >= 15 is 0 Å². The van der Waals surface area contributed by atoms with E-state index in [1.54, 1.807) is 6.08 Å². The smallest absolute Gasteiger partial charge is 0.408 e. The molecule has 1 amide bonds. The normalized spacial score (nSPS) is 28.3. The molecule has 2 N–H and O–H groups in total. The van der Waals surface area contributed by atoms with E-state index in [-0.39, 0.29) is 17.8 Å². The van der Waals surface area contributed by atoms with Gasteiger partial charge in [-0.1, -0.05) is 60.6 Å². The number of hydrogen-bond acceptors (Lipinski definition) is 4. The molecule has 0 aliphatic carbocycles. The molecule has 0 aromatic rings. The minimum atomic E-state index is -0.832. The number of ether oxygens (including phenoxy) is 1. The number of allylic oxidation sites excluding steroid dienone is 1. The molecule has 1 aliphatic heterocycles. The highest BCUT2D eigenvalue weighted by atomic mass is 16.6. The summed E-state index contributed by atoms with van der Waals surface area (Å²) in [6.07, 6.45) is 2.75. The molecule has 0 saturated carbocycles. The fourth-order valence-electron chi connectivity index (χ4n) is 3.02. The van der Waals surface area contributed by atoms with Gasteiger partial charge in [-0.25, -0.2) is 4.79 Å². The van der Waals surface area contributed by atoms with Gasteiger partial charge >= 0.3 is 6.09 Å². The molecule has 0 aromatic heterocycles. The summed E-state index contributed by atoms with van der Waals surface area (Å²) in [5.74, 6) is -0.341. The summed E-state index contributed by atoms with van der Waals surface area (Å²) >= 11 is 0. The highest BCUT2D eigenvalue weighted by Crippen LogP contribution is 2.43. The predicted molar refractivity (Wildman–Crippen MR) is 90.0 cm³/mol. The second kappa shape index (κ2) is 6.63. The van der Waals surface area contributed by atoms with E-state index in [4.69, 9.17) is 4.74 Å². The van der Waals surface area contributed by atoms with E-state index in [1.807, 2.05) is 54.5 Å². The van der Waals surface area contributed by atoms with Gasteiger partial charge in [-0.3, -0.25) is 0 Å². The Hall–Kier alpha value is -1.36. The van der Waals surface area contributed by atoms with E-state index in [9.17, 15) is 14.7 Å². The maximum absolute atomic E-state index is 11.9. The molecule has 1 aliphatic rings. The third-order valence-corrected chi connectivity index (χ3v) is 4.60. The Balaban J connectivity index is 3.13. The molecule has 0 radical (unpaired) electrons. The van der Waals surface area contributed by atoms with E-state index in [2.05, 4.69) is 5.32 Å². The van der Waals surface area contributed by atoms with Gasteiger partial charge in [0.1, 0.15) is 12.4 Å². The van der Waals surface area contributed by atoms with Crippen molar-refractivity contribution in [2.24, 2.45) is 16.7 Å². The zero-order valence-electron chi connectivity index (χ0n) is 15.3. The molecule has 23 heavy (non-hydrogen) atoms. The monoisotopic (exact) mass is 325 g/mol. The number of carbonyl (C=O) groups is 2. The standard InChI is InChI=1S/C18H31NO4/c1-12(13(21)8-9-16(2,3)4)14-18(10-11-20,17(5,6)7)19-15(22)23-14/h8-9,11-14,21H,10H2,1-7H3,(H,19,22)/b9-8+/t12-,13?,14?,18?/m0/s1. The summed E-state index contributed by atoms with van der Waals surface area (Å²) in [5.41, 5.74) is -1.27. The largest absolute Gasteiger partial charge is 0.443 e. The Morgan fingerprint density at radius 1 is 1.30 bits per heavy atom. The Kier molecular flexibility index (Phi) is 5.68. The van der Waals surface area contributed by atoms with Crippen LogP contribution in [0.15, 0.2) is 12.2 Å². The Bertz CT molecular complexity index is 472. The van der Waals surface area contributed by atoms with Crippen LogP contribution in [-0.4, -0.2) is 35.2 Å². The van der Waals surface area contributed by atoms with Crippen LogP contribution in [0.1, 0.15) is 54.9 Å². The summed E-state index contributed by atoms with van der Waals surface area (Å²) in [6, 6.07) is 0. The second-order valence-electron chi connectivity index (χ2n) is 8.62. The quantitative estimate of drug-likeness (QED) is 0.602. The first-order valence-electron chi connectivity index (χ1n) is 8.14. The first kappa shape index (κ1) is 19.7. The van der Waals surface area contributed by atoms with Crippen molar-refractivity contribution in [3.63, 3.8) is 0 Å². The van der Waals surface area contributed by atoms with E-state index < -0.39 is 29.3 Å². The zero-order chi connectivity index (χ0) is 18.1. The maximum atomic E-state index is 11.9. The lowest BCUT2D eigenvalue weighted by Gasteiger charge is -2.45. The predicted octanol–water partition coefficient (Wildman–Crippen LogP) is 3.07. The lowest BCUT2D eigenvalue weighted by atomic mass is 9.65. The summed E-state index contributed by atoms with van der Waals surface area (Å²) in [5, 5.41) is 13.3. The van der Waals surface area contributed by atoms with E-state index in [1.165, 1.54) is 0 Å². The molecule has 0 bridgehead atoms. The first-order chi connectivity index (χ1) is 10.3. The number of alkyl carbamates (subject to hydrolysis) is 1. The Labute approximate surface area is 139 Å². The number of amides is 1.